The van der Waals surface area contributed by atoms with Gasteiger partial charge in [-0.3, -0.25) is 20.4 Å². The molecule has 0 aliphatic carbocycles. The van der Waals surface area contributed by atoms with Gasteiger partial charge in [-0.25, -0.2) is 4.39 Å². The number of nitrogens with one attached hydrogen (secondary N) is 2. The van der Waals surface area contributed by atoms with E-state index in [-0.39, 0.29) is 11.1 Å². The SMILES string of the molecule is Cc1noc(C)c1C(=O)NNC(=O)c1ccc(F)cc1. The fraction of sp³-hybridized carbons (Fsp3) is 0.154. The third-order valence-corrected chi connectivity index (χ3v) is 2.66. The van der Waals surface area contributed by atoms with Gasteiger partial charge in [-0.1, -0.05) is 5.16 Å². The topological polar surface area (TPSA) is 84.2 Å². The van der Waals surface area contributed by atoms with E-state index in [1.165, 1.54) is 12.1 Å². The van der Waals surface area contributed by atoms with Crippen molar-refractivity contribution in [2.75, 3.05) is 0 Å². The predicted octanol–water partition coefficient (Wildman–Crippen LogP) is 1.51. The van der Waals surface area contributed by atoms with Crippen molar-refractivity contribution in [2.45, 2.75) is 13.8 Å². The normalized spacial score (nSPS) is 10.2. The van der Waals surface area contributed by atoms with Crippen molar-refractivity contribution in [3.63, 3.8) is 0 Å². The van der Waals surface area contributed by atoms with E-state index in [1.807, 2.05) is 0 Å². The van der Waals surface area contributed by atoms with Crippen molar-refractivity contribution in [2.24, 2.45) is 0 Å². The standard InChI is InChI=1S/C13H12FN3O3/c1-7-11(8(2)20-17-7)13(19)16-15-12(18)9-3-5-10(14)6-4-9/h3-6H,1-2H3,(H,15,18)(H,16,19). The van der Waals surface area contributed by atoms with Crippen molar-refractivity contribution in [3.8, 4) is 0 Å². The van der Waals surface area contributed by atoms with E-state index in [2.05, 4.69) is 16.0 Å². The third-order valence-electron chi connectivity index (χ3n) is 2.66. The highest BCUT2D eigenvalue weighted by Crippen LogP contribution is 2.11. The van der Waals surface area contributed by atoms with Gasteiger partial charge in [0.2, 0.25) is 0 Å². The first-order valence-electron chi connectivity index (χ1n) is 5.78. The van der Waals surface area contributed by atoms with Crippen LogP contribution in [0.25, 0.3) is 0 Å². The summed E-state index contributed by atoms with van der Waals surface area (Å²) in [6.45, 7) is 3.21. The van der Waals surface area contributed by atoms with Crippen LogP contribution >= 0.6 is 0 Å². The molecule has 0 unspecified atom stereocenters. The molecule has 0 saturated carbocycles. The summed E-state index contributed by atoms with van der Waals surface area (Å²) in [5, 5.41) is 3.64. The van der Waals surface area contributed by atoms with Crippen LogP contribution < -0.4 is 10.9 Å². The van der Waals surface area contributed by atoms with Crippen LogP contribution in [-0.4, -0.2) is 17.0 Å². The summed E-state index contributed by atoms with van der Waals surface area (Å²) in [5.74, 6) is -1.17. The van der Waals surface area contributed by atoms with Gasteiger partial charge in [-0.2, -0.15) is 0 Å². The Kier molecular flexibility index (Phi) is 3.79. The molecule has 1 aromatic heterocycles. The Hall–Kier alpha value is -2.70. The van der Waals surface area contributed by atoms with Crippen LogP contribution in [-0.2, 0) is 0 Å². The molecule has 0 atom stereocenters. The summed E-state index contributed by atoms with van der Waals surface area (Å²) < 4.78 is 17.6. The molecule has 7 heteroatoms. The van der Waals surface area contributed by atoms with Gasteiger partial charge in [0.25, 0.3) is 11.8 Å². The van der Waals surface area contributed by atoms with Crippen LogP contribution in [0.2, 0.25) is 0 Å². The van der Waals surface area contributed by atoms with Gasteiger partial charge in [0.05, 0.1) is 5.69 Å². The van der Waals surface area contributed by atoms with Gasteiger partial charge >= 0.3 is 0 Å². The van der Waals surface area contributed by atoms with E-state index in [9.17, 15) is 14.0 Å². The van der Waals surface area contributed by atoms with Crippen LogP contribution in [0.4, 0.5) is 4.39 Å². The number of hydrogen-bond acceptors (Lipinski definition) is 4. The summed E-state index contributed by atoms with van der Waals surface area (Å²) in [5.41, 5.74) is 5.40. The lowest BCUT2D eigenvalue weighted by Crippen LogP contribution is -2.41. The number of hydrogen-bond donors (Lipinski definition) is 2. The maximum absolute atomic E-state index is 12.7. The smallest absolute Gasteiger partial charge is 0.275 e. The fourth-order valence-electron chi connectivity index (χ4n) is 1.66. The lowest BCUT2D eigenvalue weighted by Gasteiger charge is -2.06. The highest BCUT2D eigenvalue weighted by molar-refractivity contribution is 5.99. The molecule has 0 radical (unpaired) electrons. The van der Waals surface area contributed by atoms with E-state index in [0.717, 1.165) is 12.1 Å². The fourth-order valence-corrected chi connectivity index (χ4v) is 1.66. The van der Waals surface area contributed by atoms with Crippen LogP contribution in [0.3, 0.4) is 0 Å². The average molecular weight is 277 g/mol. The maximum Gasteiger partial charge on any atom is 0.275 e. The first kappa shape index (κ1) is 13.7. The van der Waals surface area contributed by atoms with Crippen LogP contribution in [0.1, 0.15) is 32.2 Å². The van der Waals surface area contributed by atoms with Crippen LogP contribution in [0, 0.1) is 19.7 Å². The van der Waals surface area contributed by atoms with E-state index < -0.39 is 17.6 Å². The van der Waals surface area contributed by atoms with Gasteiger partial charge in [-0.15, -0.1) is 0 Å². The van der Waals surface area contributed by atoms with Gasteiger partial charge in [0.1, 0.15) is 17.1 Å². The van der Waals surface area contributed by atoms with Gasteiger partial charge < -0.3 is 4.52 Å². The van der Waals surface area contributed by atoms with Crippen LogP contribution in [0.15, 0.2) is 28.8 Å². The second-order valence-corrected chi connectivity index (χ2v) is 4.11. The third kappa shape index (κ3) is 2.82. The first-order chi connectivity index (χ1) is 9.49. The highest BCUT2D eigenvalue weighted by atomic mass is 19.1. The minimum atomic E-state index is -0.551. The van der Waals surface area contributed by atoms with Crippen molar-refractivity contribution in [3.05, 3.63) is 52.7 Å². The molecule has 2 aromatic rings. The Morgan fingerprint density at radius 1 is 1.10 bits per heavy atom. The Bertz CT molecular complexity index is 630. The molecule has 0 saturated heterocycles. The summed E-state index contributed by atoms with van der Waals surface area (Å²) in [7, 11) is 0. The molecule has 0 aliphatic rings. The largest absolute Gasteiger partial charge is 0.361 e. The lowest BCUT2D eigenvalue weighted by molar-refractivity contribution is 0.0845. The van der Waals surface area contributed by atoms with E-state index >= 15 is 0 Å². The number of amides is 2. The van der Waals surface area contributed by atoms with Crippen molar-refractivity contribution >= 4 is 11.8 Å². The monoisotopic (exact) mass is 277 g/mol. The summed E-state index contributed by atoms with van der Waals surface area (Å²) in [6.07, 6.45) is 0. The van der Waals surface area contributed by atoms with Crippen molar-refractivity contribution in [1.82, 2.24) is 16.0 Å². The maximum atomic E-state index is 12.7. The van der Waals surface area contributed by atoms with E-state index in [0.29, 0.717) is 11.5 Å². The molecule has 0 spiro atoms. The number of carbonyl (C=O) groups is 2. The number of aromatic nitrogens is 1. The lowest BCUT2D eigenvalue weighted by atomic mass is 10.2. The number of hydrazine groups is 1. The molecular formula is C13H12FN3O3. The summed E-state index contributed by atoms with van der Waals surface area (Å²) in [4.78, 5) is 23.6. The second kappa shape index (κ2) is 5.52. The average Bonchev–Trinajstić information content (AvgIpc) is 2.76. The van der Waals surface area contributed by atoms with Crippen molar-refractivity contribution < 1.29 is 18.5 Å². The number of nitrogens with zero attached hydrogens (tertiary/aromatic N) is 1. The first-order valence-corrected chi connectivity index (χ1v) is 5.78. The van der Waals surface area contributed by atoms with Gasteiger partial charge in [0.15, 0.2) is 0 Å². The van der Waals surface area contributed by atoms with Crippen LogP contribution in [0.5, 0.6) is 0 Å². The summed E-state index contributed by atoms with van der Waals surface area (Å²) in [6, 6.07) is 4.94. The molecule has 6 nitrogen and oxygen atoms in total. The number of halogens is 1. The number of carbonyl (C=O) groups excluding carboxylic acids is 2. The molecule has 20 heavy (non-hydrogen) atoms. The molecule has 2 rings (SSSR count). The molecular weight excluding hydrogens is 265 g/mol. The van der Waals surface area contributed by atoms with Gasteiger partial charge in [0, 0.05) is 5.56 Å². The molecule has 2 N–H and O–H groups in total. The zero-order valence-corrected chi connectivity index (χ0v) is 10.9. The quantitative estimate of drug-likeness (QED) is 0.815. The molecule has 2 amide bonds. The van der Waals surface area contributed by atoms with Crippen molar-refractivity contribution in [1.29, 1.82) is 0 Å². The number of rotatable bonds is 2. The highest BCUT2D eigenvalue weighted by Gasteiger charge is 2.18. The zero-order chi connectivity index (χ0) is 14.7. The Labute approximate surface area is 113 Å². The number of aryl methyl sites for hydroxylation is 2. The minimum absolute atomic E-state index is 0.227. The minimum Gasteiger partial charge on any atom is -0.361 e. The molecule has 0 fully saturated rings. The Morgan fingerprint density at radius 3 is 2.25 bits per heavy atom. The Morgan fingerprint density at radius 2 is 1.70 bits per heavy atom. The molecule has 0 aliphatic heterocycles. The van der Waals surface area contributed by atoms with E-state index in [1.54, 1.807) is 13.8 Å². The van der Waals surface area contributed by atoms with E-state index in [4.69, 9.17) is 4.52 Å². The second-order valence-electron chi connectivity index (χ2n) is 4.11. The molecule has 1 aromatic carbocycles. The zero-order valence-electron chi connectivity index (χ0n) is 10.9. The summed E-state index contributed by atoms with van der Waals surface area (Å²) >= 11 is 0. The van der Waals surface area contributed by atoms with Gasteiger partial charge in [-0.05, 0) is 38.1 Å². The predicted molar refractivity (Wildman–Crippen MR) is 67.3 cm³/mol. The number of benzene rings is 1. The molecule has 0 bridgehead atoms. The Balaban J connectivity index is 2.00. The molecule has 104 valence electrons. The molecule has 1 heterocycles.